The number of anilines is 1. The van der Waals surface area contributed by atoms with Crippen molar-refractivity contribution in [2.75, 3.05) is 5.32 Å². The van der Waals surface area contributed by atoms with E-state index in [1.165, 1.54) is 0 Å². The van der Waals surface area contributed by atoms with Crippen molar-refractivity contribution < 1.29 is 14.3 Å². The van der Waals surface area contributed by atoms with E-state index in [0.29, 0.717) is 30.2 Å². The molecule has 4 N–H and O–H groups in total. The molecule has 0 saturated heterocycles. The number of hydrogen-bond donors (Lipinski definition) is 4. The van der Waals surface area contributed by atoms with Crippen molar-refractivity contribution in [1.82, 2.24) is 25.9 Å². The number of aromatic nitrogens is 2. The monoisotopic (exact) mass is 420 g/mol. The van der Waals surface area contributed by atoms with Crippen molar-refractivity contribution in [2.45, 2.75) is 33.0 Å². The highest BCUT2D eigenvalue weighted by atomic mass is 16.5. The summed E-state index contributed by atoms with van der Waals surface area (Å²) in [6.07, 6.45) is 0. The predicted octanol–water partition coefficient (Wildman–Crippen LogP) is 3.39. The number of carbonyl (C=O) groups is 2. The zero-order valence-corrected chi connectivity index (χ0v) is 17.3. The number of ether oxygens (including phenoxy) is 1. The number of H-pyrrole nitrogens is 1. The van der Waals surface area contributed by atoms with E-state index in [9.17, 15) is 9.59 Å². The Morgan fingerprint density at radius 3 is 2.45 bits per heavy atom. The summed E-state index contributed by atoms with van der Waals surface area (Å²) < 4.78 is 5.75. The Balaban J connectivity index is 1.36. The van der Waals surface area contributed by atoms with Crippen LogP contribution in [0.2, 0.25) is 0 Å². The third-order valence-corrected chi connectivity index (χ3v) is 4.66. The lowest BCUT2D eigenvalue weighted by molar-refractivity contribution is 0.102. The minimum Gasteiger partial charge on any atom is -0.457 e. The first-order valence-electron chi connectivity index (χ1n) is 10.0. The van der Waals surface area contributed by atoms with E-state index in [2.05, 4.69) is 26.3 Å². The zero-order chi connectivity index (χ0) is 21.8. The summed E-state index contributed by atoms with van der Waals surface area (Å²) in [5.74, 6) is 1.64. The van der Waals surface area contributed by atoms with Crippen LogP contribution in [0.5, 0.6) is 11.5 Å². The summed E-state index contributed by atoms with van der Waals surface area (Å²) in [4.78, 5) is 24.6. The molecule has 31 heavy (non-hydrogen) atoms. The standard InChI is InChI=1S/C22H24N6O3/c1-14(2)23-22(30)27-28-12-18-19(13-28)25-26-20(18)24-21(29)15-8-10-17(11-9-15)31-16-6-4-3-5-7-16/h3-11,14H,12-13H2,1-2H3,(H2,23,27,30)(H2,24,25,26,29). The van der Waals surface area contributed by atoms with Gasteiger partial charge in [0, 0.05) is 23.7 Å². The van der Waals surface area contributed by atoms with E-state index in [0.717, 1.165) is 17.0 Å². The van der Waals surface area contributed by atoms with Gasteiger partial charge in [-0.2, -0.15) is 5.10 Å². The van der Waals surface area contributed by atoms with Crippen molar-refractivity contribution in [2.24, 2.45) is 0 Å². The molecular weight excluding hydrogens is 396 g/mol. The molecule has 3 amide bonds. The molecule has 0 saturated carbocycles. The molecule has 4 rings (SSSR count). The molecule has 0 unspecified atom stereocenters. The summed E-state index contributed by atoms with van der Waals surface area (Å²) in [5, 5.41) is 14.5. The number of benzene rings is 2. The molecule has 9 heteroatoms. The Morgan fingerprint density at radius 2 is 1.74 bits per heavy atom. The Morgan fingerprint density at radius 1 is 1.03 bits per heavy atom. The number of hydrazine groups is 1. The average molecular weight is 420 g/mol. The summed E-state index contributed by atoms with van der Waals surface area (Å²) in [6, 6.07) is 16.1. The molecule has 3 aromatic rings. The fraction of sp³-hybridized carbons (Fsp3) is 0.227. The van der Waals surface area contributed by atoms with Gasteiger partial charge in [-0.05, 0) is 50.2 Å². The van der Waals surface area contributed by atoms with Crippen molar-refractivity contribution in [3.8, 4) is 11.5 Å². The molecule has 0 bridgehead atoms. The summed E-state index contributed by atoms with van der Waals surface area (Å²) in [5.41, 5.74) is 4.91. The zero-order valence-electron chi connectivity index (χ0n) is 17.3. The lowest BCUT2D eigenvalue weighted by atomic mass is 10.2. The van der Waals surface area contributed by atoms with Gasteiger partial charge in [0.05, 0.1) is 12.2 Å². The van der Waals surface area contributed by atoms with Crippen LogP contribution in [0.25, 0.3) is 0 Å². The first-order chi connectivity index (χ1) is 15.0. The van der Waals surface area contributed by atoms with Gasteiger partial charge in [0.2, 0.25) is 0 Å². The maximum Gasteiger partial charge on any atom is 0.329 e. The van der Waals surface area contributed by atoms with Crippen LogP contribution >= 0.6 is 0 Å². The molecule has 1 aliphatic rings. The molecule has 0 aliphatic carbocycles. The number of fused-ring (bicyclic) bond motifs is 1. The Bertz CT molecular complexity index is 1060. The number of urea groups is 1. The smallest absolute Gasteiger partial charge is 0.329 e. The lowest BCUT2D eigenvalue weighted by Crippen LogP contribution is -2.46. The molecule has 0 radical (unpaired) electrons. The van der Waals surface area contributed by atoms with Gasteiger partial charge in [-0.1, -0.05) is 18.2 Å². The number of carbonyl (C=O) groups excluding carboxylic acids is 2. The van der Waals surface area contributed by atoms with Crippen LogP contribution in [0.4, 0.5) is 10.6 Å². The van der Waals surface area contributed by atoms with Gasteiger partial charge >= 0.3 is 6.03 Å². The highest BCUT2D eigenvalue weighted by Crippen LogP contribution is 2.26. The second-order valence-corrected chi connectivity index (χ2v) is 7.51. The number of nitrogens with one attached hydrogen (secondary N) is 4. The molecule has 0 spiro atoms. The van der Waals surface area contributed by atoms with E-state index >= 15 is 0 Å². The number of amides is 3. The van der Waals surface area contributed by atoms with Crippen LogP contribution < -0.4 is 20.8 Å². The highest BCUT2D eigenvalue weighted by molar-refractivity contribution is 6.04. The number of nitrogens with zero attached hydrogens (tertiary/aromatic N) is 2. The first kappa shape index (κ1) is 20.4. The normalized spacial score (nSPS) is 13.0. The average Bonchev–Trinajstić information content (AvgIpc) is 3.29. The third kappa shape index (κ3) is 5.01. The topological polar surface area (TPSA) is 111 Å². The van der Waals surface area contributed by atoms with Crippen molar-refractivity contribution in [1.29, 1.82) is 0 Å². The van der Waals surface area contributed by atoms with Crippen molar-refractivity contribution >= 4 is 17.8 Å². The lowest BCUT2D eigenvalue weighted by Gasteiger charge is -2.18. The van der Waals surface area contributed by atoms with E-state index in [1.807, 2.05) is 44.2 Å². The second-order valence-electron chi connectivity index (χ2n) is 7.51. The Kier molecular flexibility index (Phi) is 5.85. The SMILES string of the molecule is CC(C)NC(=O)NN1Cc2n[nH]c(NC(=O)c3ccc(Oc4ccccc4)cc3)c2C1. The summed E-state index contributed by atoms with van der Waals surface area (Å²) in [7, 11) is 0. The Labute approximate surface area is 179 Å². The van der Waals surface area contributed by atoms with Gasteiger partial charge in [0.25, 0.3) is 5.91 Å². The molecule has 0 fully saturated rings. The molecule has 9 nitrogen and oxygen atoms in total. The maximum atomic E-state index is 12.7. The van der Waals surface area contributed by atoms with Crippen LogP contribution in [0.3, 0.4) is 0 Å². The van der Waals surface area contributed by atoms with E-state index in [-0.39, 0.29) is 18.0 Å². The van der Waals surface area contributed by atoms with E-state index < -0.39 is 0 Å². The quantitative estimate of drug-likeness (QED) is 0.488. The van der Waals surface area contributed by atoms with Gasteiger partial charge in [-0.15, -0.1) is 0 Å². The fourth-order valence-electron chi connectivity index (χ4n) is 3.24. The van der Waals surface area contributed by atoms with Crippen LogP contribution in [-0.2, 0) is 13.1 Å². The van der Waals surface area contributed by atoms with E-state index in [1.54, 1.807) is 29.3 Å². The molecule has 2 heterocycles. The van der Waals surface area contributed by atoms with Gasteiger partial charge in [0.15, 0.2) is 0 Å². The minimum atomic E-state index is -0.271. The van der Waals surface area contributed by atoms with Crippen LogP contribution in [0, 0.1) is 0 Å². The Hall–Kier alpha value is -3.85. The van der Waals surface area contributed by atoms with Crippen LogP contribution in [-0.4, -0.2) is 33.2 Å². The minimum absolute atomic E-state index is 0.0413. The van der Waals surface area contributed by atoms with Gasteiger partial charge in [0.1, 0.15) is 17.3 Å². The maximum absolute atomic E-state index is 12.7. The molecule has 160 valence electrons. The van der Waals surface area contributed by atoms with Crippen molar-refractivity contribution in [3.05, 3.63) is 71.4 Å². The van der Waals surface area contributed by atoms with Crippen molar-refractivity contribution in [3.63, 3.8) is 0 Å². The molecule has 0 atom stereocenters. The highest BCUT2D eigenvalue weighted by Gasteiger charge is 2.27. The molecule has 1 aromatic heterocycles. The predicted molar refractivity (Wildman–Crippen MR) is 116 cm³/mol. The number of hydrogen-bond acceptors (Lipinski definition) is 5. The van der Waals surface area contributed by atoms with Crippen LogP contribution in [0.15, 0.2) is 54.6 Å². The molecule has 2 aromatic carbocycles. The molecule has 1 aliphatic heterocycles. The largest absolute Gasteiger partial charge is 0.457 e. The van der Waals surface area contributed by atoms with E-state index in [4.69, 9.17) is 4.74 Å². The summed E-state index contributed by atoms with van der Waals surface area (Å²) in [6.45, 7) is 4.68. The van der Waals surface area contributed by atoms with Gasteiger partial charge in [-0.3, -0.25) is 15.3 Å². The van der Waals surface area contributed by atoms with Gasteiger partial charge < -0.3 is 15.4 Å². The molecular formula is C22H24N6O3. The first-order valence-corrected chi connectivity index (χ1v) is 10.0. The van der Waals surface area contributed by atoms with Crippen LogP contribution in [0.1, 0.15) is 35.5 Å². The second kappa shape index (κ2) is 8.88. The van der Waals surface area contributed by atoms with Gasteiger partial charge in [-0.25, -0.2) is 9.80 Å². The summed E-state index contributed by atoms with van der Waals surface area (Å²) >= 11 is 0. The number of aromatic amines is 1. The fourth-order valence-corrected chi connectivity index (χ4v) is 3.24. The number of para-hydroxylation sites is 1. The number of rotatable bonds is 6. The third-order valence-electron chi connectivity index (χ3n) is 4.66.